The molecule has 2 aromatic heterocycles. The maximum atomic E-state index is 12.7. The summed E-state index contributed by atoms with van der Waals surface area (Å²) in [6.45, 7) is 7.01. The fourth-order valence-corrected chi connectivity index (χ4v) is 4.41. The van der Waals surface area contributed by atoms with Gasteiger partial charge in [-0.05, 0) is 35.2 Å². The number of carbonyl (C=O) groups is 1. The highest BCUT2D eigenvalue weighted by Gasteiger charge is 2.19. The number of nitrogens with zero attached hydrogens (tertiary/aromatic N) is 3. The van der Waals surface area contributed by atoms with Crippen molar-refractivity contribution in [3.8, 4) is 22.9 Å². The number of hydrogen-bond acceptors (Lipinski definition) is 7. The van der Waals surface area contributed by atoms with Crippen molar-refractivity contribution in [3.05, 3.63) is 72.2 Å². The summed E-state index contributed by atoms with van der Waals surface area (Å²) in [7, 11) is 3.12. The highest BCUT2D eigenvalue weighted by atomic mass is 32.2. The lowest BCUT2D eigenvalue weighted by molar-refractivity contribution is -0.113. The Labute approximate surface area is 215 Å². The van der Waals surface area contributed by atoms with E-state index < -0.39 is 0 Å². The van der Waals surface area contributed by atoms with Gasteiger partial charge in [-0.25, -0.2) is 0 Å². The molecule has 8 nitrogen and oxygen atoms in total. The fourth-order valence-electron chi connectivity index (χ4n) is 3.67. The van der Waals surface area contributed by atoms with Crippen molar-refractivity contribution in [3.63, 3.8) is 0 Å². The van der Waals surface area contributed by atoms with E-state index in [1.54, 1.807) is 38.7 Å². The lowest BCUT2D eigenvalue weighted by Gasteiger charge is -2.19. The van der Waals surface area contributed by atoms with Crippen molar-refractivity contribution in [1.29, 1.82) is 0 Å². The molecule has 2 heterocycles. The van der Waals surface area contributed by atoms with E-state index in [0.717, 1.165) is 17.1 Å². The van der Waals surface area contributed by atoms with Crippen LogP contribution >= 0.6 is 11.8 Å². The molecule has 4 aromatic rings. The molecule has 0 radical (unpaired) electrons. The van der Waals surface area contributed by atoms with Crippen LogP contribution in [0.15, 0.2) is 70.4 Å². The standard InChI is InChI=1S/C27H30N4O4S/c1-27(2,3)19-10-8-18(9-11-19)25-29-30-26(31(25)16-21-7-6-14-35-21)36-17-24(32)28-20-12-13-22(33-4)23(15-20)34-5/h6-15H,16-17H2,1-5H3,(H,28,32). The first-order valence-corrected chi connectivity index (χ1v) is 12.5. The van der Waals surface area contributed by atoms with Crippen LogP contribution in [0.5, 0.6) is 11.5 Å². The van der Waals surface area contributed by atoms with Crippen molar-refractivity contribution in [2.24, 2.45) is 0 Å². The second-order valence-corrected chi connectivity index (χ2v) is 10.1. The monoisotopic (exact) mass is 506 g/mol. The summed E-state index contributed by atoms with van der Waals surface area (Å²) in [5.41, 5.74) is 2.87. The van der Waals surface area contributed by atoms with Crippen LogP contribution in [0, 0.1) is 0 Å². The zero-order valence-electron chi connectivity index (χ0n) is 21.1. The van der Waals surface area contributed by atoms with Crippen LogP contribution in [0.3, 0.4) is 0 Å². The topological polar surface area (TPSA) is 91.4 Å². The number of thioether (sulfide) groups is 1. The molecule has 9 heteroatoms. The number of anilines is 1. The van der Waals surface area contributed by atoms with E-state index in [0.29, 0.717) is 28.9 Å². The van der Waals surface area contributed by atoms with Gasteiger partial charge in [0.25, 0.3) is 0 Å². The van der Waals surface area contributed by atoms with Gasteiger partial charge in [-0.1, -0.05) is 56.8 Å². The van der Waals surface area contributed by atoms with Gasteiger partial charge in [0.15, 0.2) is 22.5 Å². The summed E-state index contributed by atoms with van der Waals surface area (Å²) in [6, 6.07) is 17.3. The van der Waals surface area contributed by atoms with Crippen molar-refractivity contribution in [1.82, 2.24) is 14.8 Å². The van der Waals surface area contributed by atoms with Crippen molar-refractivity contribution in [2.45, 2.75) is 37.9 Å². The molecule has 0 unspecified atom stereocenters. The smallest absolute Gasteiger partial charge is 0.234 e. The molecule has 0 aliphatic carbocycles. The lowest BCUT2D eigenvalue weighted by Crippen LogP contribution is -2.15. The van der Waals surface area contributed by atoms with Crippen LogP contribution in [0.25, 0.3) is 11.4 Å². The molecule has 0 aliphatic heterocycles. The third-order valence-corrected chi connectivity index (χ3v) is 6.59. The minimum absolute atomic E-state index is 0.0582. The van der Waals surface area contributed by atoms with Crippen molar-refractivity contribution >= 4 is 23.4 Å². The van der Waals surface area contributed by atoms with Crippen molar-refractivity contribution < 1.29 is 18.7 Å². The quantitative estimate of drug-likeness (QED) is 0.294. The highest BCUT2D eigenvalue weighted by Crippen LogP contribution is 2.31. The summed E-state index contributed by atoms with van der Waals surface area (Å²) < 4.78 is 18.1. The maximum Gasteiger partial charge on any atom is 0.234 e. The Bertz CT molecular complexity index is 1310. The Balaban J connectivity index is 1.52. The van der Waals surface area contributed by atoms with E-state index in [1.807, 2.05) is 16.7 Å². The summed E-state index contributed by atoms with van der Waals surface area (Å²) in [5.74, 6) is 2.62. The molecular formula is C27H30N4O4S. The summed E-state index contributed by atoms with van der Waals surface area (Å²) >= 11 is 1.32. The Hall–Kier alpha value is -3.72. The third kappa shape index (κ3) is 5.91. The molecule has 1 N–H and O–H groups in total. The molecular weight excluding hydrogens is 476 g/mol. The summed E-state index contributed by atoms with van der Waals surface area (Å²) in [5, 5.41) is 12.4. The van der Waals surface area contributed by atoms with Crippen LogP contribution in [0.1, 0.15) is 32.1 Å². The number of furan rings is 1. The average molecular weight is 507 g/mol. The van der Waals surface area contributed by atoms with Crippen LogP contribution in [-0.4, -0.2) is 40.6 Å². The van der Waals surface area contributed by atoms with Gasteiger partial charge in [-0.2, -0.15) is 0 Å². The first-order valence-electron chi connectivity index (χ1n) is 11.5. The SMILES string of the molecule is COc1ccc(NC(=O)CSc2nnc(-c3ccc(C(C)(C)C)cc3)n2Cc2ccco2)cc1OC. The molecule has 0 atom stereocenters. The second kappa shape index (κ2) is 10.9. The van der Waals surface area contributed by atoms with E-state index in [9.17, 15) is 4.79 Å². The minimum atomic E-state index is -0.171. The number of hydrogen-bond donors (Lipinski definition) is 1. The molecule has 0 saturated heterocycles. The second-order valence-electron chi connectivity index (χ2n) is 9.21. The fraction of sp³-hybridized carbons (Fsp3) is 0.296. The van der Waals surface area contributed by atoms with Crippen molar-refractivity contribution in [2.75, 3.05) is 25.3 Å². The lowest BCUT2D eigenvalue weighted by atomic mass is 9.87. The molecule has 0 bridgehead atoms. The number of rotatable bonds is 9. The molecule has 2 aromatic carbocycles. The Morgan fingerprint density at radius 2 is 1.78 bits per heavy atom. The largest absolute Gasteiger partial charge is 0.493 e. The van der Waals surface area contributed by atoms with E-state index in [2.05, 4.69) is 60.6 Å². The first-order chi connectivity index (χ1) is 17.3. The van der Waals surface area contributed by atoms with E-state index in [4.69, 9.17) is 13.9 Å². The van der Waals surface area contributed by atoms with Gasteiger partial charge in [-0.15, -0.1) is 10.2 Å². The van der Waals surface area contributed by atoms with Gasteiger partial charge in [0, 0.05) is 17.3 Å². The zero-order valence-corrected chi connectivity index (χ0v) is 21.9. The molecule has 188 valence electrons. The van der Waals surface area contributed by atoms with E-state index >= 15 is 0 Å². The minimum Gasteiger partial charge on any atom is -0.493 e. The number of carbonyl (C=O) groups excluding carboxylic acids is 1. The van der Waals surface area contributed by atoms with Crippen LogP contribution < -0.4 is 14.8 Å². The van der Waals surface area contributed by atoms with Crippen LogP contribution in [0.4, 0.5) is 5.69 Å². The molecule has 36 heavy (non-hydrogen) atoms. The first kappa shape index (κ1) is 25.4. The molecule has 4 rings (SSSR count). The Kier molecular flexibility index (Phi) is 7.69. The molecule has 0 fully saturated rings. The highest BCUT2D eigenvalue weighted by molar-refractivity contribution is 7.99. The Morgan fingerprint density at radius 3 is 2.42 bits per heavy atom. The third-order valence-electron chi connectivity index (χ3n) is 5.62. The van der Waals surface area contributed by atoms with Gasteiger partial charge < -0.3 is 19.2 Å². The van der Waals surface area contributed by atoms with Gasteiger partial charge in [-0.3, -0.25) is 9.36 Å². The van der Waals surface area contributed by atoms with E-state index in [-0.39, 0.29) is 17.1 Å². The number of nitrogens with one attached hydrogen (secondary N) is 1. The van der Waals surface area contributed by atoms with Gasteiger partial charge in [0.1, 0.15) is 5.76 Å². The number of benzene rings is 2. The summed E-state index contributed by atoms with van der Waals surface area (Å²) in [4.78, 5) is 12.7. The average Bonchev–Trinajstić information content (AvgIpc) is 3.52. The molecule has 1 amide bonds. The van der Waals surface area contributed by atoms with E-state index in [1.165, 1.54) is 17.3 Å². The van der Waals surface area contributed by atoms with Gasteiger partial charge in [0.2, 0.25) is 5.91 Å². The molecule has 0 spiro atoms. The zero-order chi connectivity index (χ0) is 25.7. The van der Waals surface area contributed by atoms with Crippen LogP contribution in [-0.2, 0) is 16.8 Å². The number of amides is 1. The number of ether oxygens (including phenoxy) is 2. The van der Waals surface area contributed by atoms with Gasteiger partial charge >= 0.3 is 0 Å². The number of methoxy groups -OCH3 is 2. The van der Waals surface area contributed by atoms with Crippen LogP contribution in [0.2, 0.25) is 0 Å². The predicted octanol–water partition coefficient (Wildman–Crippen LogP) is 5.63. The molecule has 0 aliphatic rings. The number of aromatic nitrogens is 3. The maximum absolute atomic E-state index is 12.7. The molecule has 0 saturated carbocycles. The predicted molar refractivity (Wildman–Crippen MR) is 141 cm³/mol. The normalized spacial score (nSPS) is 11.4. The van der Waals surface area contributed by atoms with Gasteiger partial charge in [0.05, 0.1) is 32.8 Å². The Morgan fingerprint density at radius 1 is 1.03 bits per heavy atom. The summed E-state index contributed by atoms with van der Waals surface area (Å²) in [6.07, 6.45) is 1.64.